The summed E-state index contributed by atoms with van der Waals surface area (Å²) in [5.74, 6) is -0.419. The minimum atomic E-state index is -0.672. The van der Waals surface area contributed by atoms with Crippen LogP contribution in [0.1, 0.15) is 27.7 Å². The molecule has 0 aromatic rings. The quantitative estimate of drug-likeness (QED) is 0.157. The molecule has 0 saturated carbocycles. The van der Waals surface area contributed by atoms with Gasteiger partial charge in [0.2, 0.25) is 5.91 Å². The highest BCUT2D eigenvalue weighted by Crippen LogP contribution is 2.31. The Hall–Kier alpha value is -1.91. The lowest BCUT2D eigenvalue weighted by Gasteiger charge is -2.44. The predicted molar refractivity (Wildman–Crippen MR) is 103 cm³/mol. The van der Waals surface area contributed by atoms with Gasteiger partial charge in [-0.15, -0.1) is 0 Å². The van der Waals surface area contributed by atoms with Crippen molar-refractivity contribution >= 4 is 11.9 Å². The molecule has 1 aliphatic heterocycles. The summed E-state index contributed by atoms with van der Waals surface area (Å²) in [6.45, 7) is 8.92. The van der Waals surface area contributed by atoms with Crippen molar-refractivity contribution in [1.82, 2.24) is 5.32 Å². The monoisotopic (exact) mass is 416 g/mol. The Labute approximate surface area is 171 Å². The molecule has 1 saturated heterocycles. The minimum Gasteiger partial charge on any atom is -0.463 e. The standard InChI is InChI=1S/C18H32N4O7/c1-12-13(2)17(21-14(3)23)18(29-16(12)11-28-15(4)24)27-10-9-26-8-7-25-6-5-20-22-19/h12-13,16-18H,5-11H2,1-4H3,(H,21,23). The Morgan fingerprint density at radius 3 is 2.34 bits per heavy atom. The van der Waals surface area contributed by atoms with Crippen molar-refractivity contribution in [2.75, 3.05) is 46.2 Å². The maximum atomic E-state index is 11.6. The van der Waals surface area contributed by atoms with Gasteiger partial charge >= 0.3 is 5.97 Å². The van der Waals surface area contributed by atoms with E-state index in [9.17, 15) is 9.59 Å². The normalized spacial score (nSPS) is 26.4. The van der Waals surface area contributed by atoms with Crippen molar-refractivity contribution in [1.29, 1.82) is 0 Å². The molecular formula is C18H32N4O7. The Morgan fingerprint density at radius 1 is 1.07 bits per heavy atom. The molecule has 5 unspecified atom stereocenters. The van der Waals surface area contributed by atoms with E-state index in [1.165, 1.54) is 13.8 Å². The highest BCUT2D eigenvalue weighted by Gasteiger charge is 2.42. The zero-order valence-corrected chi connectivity index (χ0v) is 17.5. The van der Waals surface area contributed by atoms with E-state index in [0.29, 0.717) is 26.4 Å². The van der Waals surface area contributed by atoms with Crippen molar-refractivity contribution in [2.45, 2.75) is 46.1 Å². The van der Waals surface area contributed by atoms with Crippen LogP contribution in [0.2, 0.25) is 0 Å². The van der Waals surface area contributed by atoms with Gasteiger partial charge in [-0.25, -0.2) is 0 Å². The van der Waals surface area contributed by atoms with E-state index in [1.807, 2.05) is 13.8 Å². The first-order valence-electron chi connectivity index (χ1n) is 9.70. The lowest BCUT2D eigenvalue weighted by molar-refractivity contribution is -0.247. The van der Waals surface area contributed by atoms with Gasteiger partial charge in [0, 0.05) is 25.3 Å². The maximum absolute atomic E-state index is 11.6. The molecule has 1 N–H and O–H groups in total. The number of amides is 1. The number of nitrogens with zero attached hydrogens (tertiary/aromatic N) is 3. The summed E-state index contributed by atoms with van der Waals surface area (Å²) in [4.78, 5) is 25.3. The molecule has 11 nitrogen and oxygen atoms in total. The number of hydrogen-bond acceptors (Lipinski definition) is 8. The fourth-order valence-corrected chi connectivity index (χ4v) is 2.96. The van der Waals surface area contributed by atoms with E-state index in [1.54, 1.807) is 0 Å². The number of ether oxygens (including phenoxy) is 5. The van der Waals surface area contributed by atoms with Crippen LogP contribution in [0, 0.1) is 11.8 Å². The van der Waals surface area contributed by atoms with E-state index in [4.69, 9.17) is 29.2 Å². The molecule has 1 rings (SSSR count). The molecule has 11 heteroatoms. The largest absolute Gasteiger partial charge is 0.463 e. The van der Waals surface area contributed by atoms with Gasteiger partial charge in [0.1, 0.15) is 6.61 Å². The van der Waals surface area contributed by atoms with Crippen molar-refractivity contribution < 1.29 is 33.3 Å². The van der Waals surface area contributed by atoms with Gasteiger partial charge in [-0.3, -0.25) is 9.59 Å². The molecule has 1 amide bonds. The first-order chi connectivity index (χ1) is 13.9. The van der Waals surface area contributed by atoms with Crippen LogP contribution in [0.4, 0.5) is 0 Å². The topological polar surface area (TPSA) is 141 Å². The third kappa shape index (κ3) is 9.91. The summed E-state index contributed by atoms with van der Waals surface area (Å²) in [5.41, 5.74) is 8.15. The van der Waals surface area contributed by atoms with Gasteiger partial charge in [0.05, 0.1) is 45.2 Å². The Kier molecular flexibility index (Phi) is 12.2. The Morgan fingerprint density at radius 2 is 1.72 bits per heavy atom. The van der Waals surface area contributed by atoms with E-state index in [0.717, 1.165) is 0 Å². The van der Waals surface area contributed by atoms with Crippen molar-refractivity contribution in [3.05, 3.63) is 10.4 Å². The van der Waals surface area contributed by atoms with Crippen LogP contribution in [-0.4, -0.2) is 76.5 Å². The number of azide groups is 1. The first kappa shape index (κ1) is 25.1. The summed E-state index contributed by atoms with van der Waals surface area (Å²) in [5, 5.41) is 6.25. The molecule has 1 heterocycles. The molecule has 0 aliphatic carbocycles. The van der Waals surface area contributed by atoms with Gasteiger partial charge in [0.25, 0.3) is 0 Å². The second-order valence-corrected chi connectivity index (χ2v) is 6.84. The molecule has 0 spiro atoms. The molecule has 0 bridgehead atoms. The SMILES string of the molecule is CC(=O)NC1C(OCCOCCOCCN=[N+]=[N-])OC(COC(C)=O)C(C)C1C. The lowest BCUT2D eigenvalue weighted by Crippen LogP contribution is -2.58. The van der Waals surface area contributed by atoms with Crippen molar-refractivity contribution in [3.63, 3.8) is 0 Å². The Balaban J connectivity index is 2.43. The minimum absolute atomic E-state index is 0.0589. The Bertz CT molecular complexity index is 554. The van der Waals surface area contributed by atoms with Gasteiger partial charge in [0.15, 0.2) is 6.29 Å². The van der Waals surface area contributed by atoms with E-state index in [-0.39, 0.29) is 55.6 Å². The molecule has 0 aromatic heterocycles. The highest BCUT2D eigenvalue weighted by atomic mass is 16.7. The molecule has 5 atom stereocenters. The number of hydrogen-bond donors (Lipinski definition) is 1. The number of esters is 1. The maximum Gasteiger partial charge on any atom is 0.302 e. The summed E-state index contributed by atoms with van der Waals surface area (Å²) in [7, 11) is 0. The predicted octanol–water partition coefficient (Wildman–Crippen LogP) is 1.41. The van der Waals surface area contributed by atoms with Gasteiger partial charge in [-0.2, -0.15) is 0 Å². The van der Waals surface area contributed by atoms with Crippen LogP contribution in [-0.2, 0) is 33.3 Å². The fourth-order valence-electron chi connectivity index (χ4n) is 2.96. The van der Waals surface area contributed by atoms with Gasteiger partial charge in [-0.05, 0) is 17.4 Å². The second kappa shape index (κ2) is 14.1. The molecule has 0 radical (unpaired) electrons. The highest BCUT2D eigenvalue weighted by molar-refractivity contribution is 5.73. The number of rotatable bonds is 13. The summed E-state index contributed by atoms with van der Waals surface area (Å²) in [6, 6.07) is -0.319. The van der Waals surface area contributed by atoms with Crippen LogP contribution in [0.5, 0.6) is 0 Å². The summed E-state index contributed by atoms with van der Waals surface area (Å²) < 4.78 is 27.6. The average Bonchev–Trinajstić information content (AvgIpc) is 2.67. The van der Waals surface area contributed by atoms with Gasteiger partial charge in [-0.1, -0.05) is 19.0 Å². The molecule has 29 heavy (non-hydrogen) atoms. The molecule has 0 aromatic carbocycles. The van der Waals surface area contributed by atoms with Crippen molar-refractivity contribution in [2.24, 2.45) is 17.0 Å². The second-order valence-electron chi connectivity index (χ2n) is 6.84. The average molecular weight is 416 g/mol. The number of nitrogens with one attached hydrogen (secondary N) is 1. The zero-order valence-electron chi connectivity index (χ0n) is 17.5. The summed E-state index contributed by atoms with van der Waals surface area (Å²) >= 11 is 0. The molecular weight excluding hydrogens is 384 g/mol. The van der Waals surface area contributed by atoms with E-state index in [2.05, 4.69) is 15.3 Å². The number of carbonyl (C=O) groups is 2. The molecule has 166 valence electrons. The third-order valence-electron chi connectivity index (χ3n) is 4.69. The van der Waals surface area contributed by atoms with Crippen molar-refractivity contribution in [3.8, 4) is 0 Å². The van der Waals surface area contributed by atoms with E-state index >= 15 is 0 Å². The fraction of sp³-hybridized carbons (Fsp3) is 0.889. The summed E-state index contributed by atoms with van der Waals surface area (Å²) in [6.07, 6.45) is -0.997. The lowest BCUT2D eigenvalue weighted by atomic mass is 9.82. The van der Waals surface area contributed by atoms with Gasteiger partial charge < -0.3 is 29.0 Å². The first-order valence-corrected chi connectivity index (χ1v) is 9.70. The van der Waals surface area contributed by atoms with E-state index < -0.39 is 6.29 Å². The van der Waals surface area contributed by atoms with Crippen LogP contribution in [0.15, 0.2) is 5.11 Å². The zero-order chi connectivity index (χ0) is 21.6. The number of carbonyl (C=O) groups excluding carboxylic acids is 2. The van der Waals surface area contributed by atoms with Crippen LogP contribution in [0.3, 0.4) is 0 Å². The molecule has 1 aliphatic rings. The molecule has 1 fully saturated rings. The van der Waals surface area contributed by atoms with Crippen LogP contribution < -0.4 is 5.32 Å². The van der Waals surface area contributed by atoms with Crippen LogP contribution in [0.25, 0.3) is 10.4 Å². The third-order valence-corrected chi connectivity index (χ3v) is 4.69. The van der Waals surface area contributed by atoms with Crippen LogP contribution >= 0.6 is 0 Å². The smallest absolute Gasteiger partial charge is 0.302 e.